The average molecular weight is 278 g/mol. The van der Waals surface area contributed by atoms with Gasteiger partial charge in [0.05, 0.1) is 12.7 Å². The van der Waals surface area contributed by atoms with Crippen LogP contribution < -0.4 is 0 Å². The number of phosphoric ester groups is 1. The summed E-state index contributed by atoms with van der Waals surface area (Å²) in [7, 11) is -3.55. The van der Waals surface area contributed by atoms with E-state index >= 15 is 0 Å². The molecule has 1 rings (SSSR count). The summed E-state index contributed by atoms with van der Waals surface area (Å²) in [6.07, 6.45) is -0.332. The molecule has 0 N–H and O–H groups in total. The molecular formula is C11H19O6P. The van der Waals surface area contributed by atoms with Crippen molar-refractivity contribution in [3.8, 4) is 0 Å². The number of carbonyl (C=O) groups excluding carboxylic acids is 1. The molecule has 0 aromatic rings. The first-order valence-electron chi connectivity index (χ1n) is 5.63. The highest BCUT2D eigenvalue weighted by atomic mass is 31.2. The molecular weight excluding hydrogens is 259 g/mol. The van der Waals surface area contributed by atoms with Crippen molar-refractivity contribution >= 4 is 13.8 Å². The van der Waals surface area contributed by atoms with Crippen LogP contribution in [0.2, 0.25) is 0 Å². The fourth-order valence-corrected chi connectivity index (χ4v) is 2.99. The van der Waals surface area contributed by atoms with Gasteiger partial charge in [0, 0.05) is 5.57 Å². The summed E-state index contributed by atoms with van der Waals surface area (Å²) in [5, 5.41) is 0. The van der Waals surface area contributed by atoms with E-state index in [4.69, 9.17) is 18.3 Å². The maximum atomic E-state index is 12.0. The van der Waals surface area contributed by atoms with E-state index in [2.05, 4.69) is 6.58 Å². The van der Waals surface area contributed by atoms with Gasteiger partial charge in [-0.3, -0.25) is 13.6 Å². The van der Waals surface area contributed by atoms with Crippen LogP contribution in [-0.4, -0.2) is 30.9 Å². The second-order valence-corrected chi connectivity index (χ2v) is 6.19. The molecule has 1 saturated heterocycles. The van der Waals surface area contributed by atoms with Gasteiger partial charge >= 0.3 is 13.8 Å². The van der Waals surface area contributed by atoms with Crippen molar-refractivity contribution in [3.05, 3.63) is 12.2 Å². The van der Waals surface area contributed by atoms with E-state index in [0.29, 0.717) is 5.57 Å². The molecule has 104 valence electrons. The van der Waals surface area contributed by atoms with E-state index in [0.717, 1.165) is 0 Å². The molecule has 2 unspecified atom stereocenters. The fourth-order valence-electron chi connectivity index (χ4n) is 1.17. The van der Waals surface area contributed by atoms with E-state index < -0.39 is 19.4 Å². The monoisotopic (exact) mass is 278 g/mol. The van der Waals surface area contributed by atoms with Crippen LogP contribution in [0.15, 0.2) is 12.2 Å². The van der Waals surface area contributed by atoms with Gasteiger partial charge in [-0.25, -0.2) is 9.36 Å². The highest BCUT2D eigenvalue weighted by Crippen LogP contribution is 2.60. The standard InChI is InChI=1S/C11H19O6P/c1-8(2)10(12)14-6-7-15-18(13)16-9(3)11(4,5)17-18/h9H,1,6-7H2,2-5H3. The van der Waals surface area contributed by atoms with Crippen LogP contribution in [-0.2, 0) is 27.7 Å². The summed E-state index contributed by atoms with van der Waals surface area (Å²) < 4.78 is 32.2. The Balaban J connectivity index is 2.35. The summed E-state index contributed by atoms with van der Waals surface area (Å²) in [6.45, 7) is 10.2. The zero-order valence-corrected chi connectivity index (χ0v) is 12.0. The van der Waals surface area contributed by atoms with Crippen molar-refractivity contribution in [1.82, 2.24) is 0 Å². The Morgan fingerprint density at radius 3 is 2.50 bits per heavy atom. The van der Waals surface area contributed by atoms with Crippen LogP contribution >= 0.6 is 7.82 Å². The molecule has 18 heavy (non-hydrogen) atoms. The molecule has 0 aliphatic carbocycles. The fraction of sp³-hybridized carbons (Fsp3) is 0.727. The zero-order valence-electron chi connectivity index (χ0n) is 11.1. The Morgan fingerprint density at radius 1 is 1.44 bits per heavy atom. The summed E-state index contributed by atoms with van der Waals surface area (Å²) >= 11 is 0. The number of hydrogen-bond donors (Lipinski definition) is 0. The van der Waals surface area contributed by atoms with Gasteiger partial charge in [0.2, 0.25) is 0 Å². The maximum Gasteiger partial charge on any atom is 0.475 e. The summed E-state index contributed by atoms with van der Waals surface area (Å²) in [5.74, 6) is -0.515. The van der Waals surface area contributed by atoms with Gasteiger partial charge in [0.15, 0.2) is 0 Å². The van der Waals surface area contributed by atoms with Crippen LogP contribution in [0.5, 0.6) is 0 Å². The molecule has 0 aromatic heterocycles. The molecule has 6 nitrogen and oxygen atoms in total. The van der Waals surface area contributed by atoms with Crippen molar-refractivity contribution in [3.63, 3.8) is 0 Å². The number of phosphoric acid groups is 1. The molecule has 0 spiro atoms. The molecule has 0 saturated carbocycles. The molecule has 0 radical (unpaired) electrons. The number of hydrogen-bond acceptors (Lipinski definition) is 6. The Labute approximate surface area is 107 Å². The van der Waals surface area contributed by atoms with Crippen LogP contribution in [0.25, 0.3) is 0 Å². The van der Waals surface area contributed by atoms with Gasteiger partial charge < -0.3 is 4.74 Å². The lowest BCUT2D eigenvalue weighted by molar-refractivity contribution is -0.139. The molecule has 1 aliphatic rings. The average Bonchev–Trinajstić information content (AvgIpc) is 2.42. The van der Waals surface area contributed by atoms with E-state index in [9.17, 15) is 9.36 Å². The lowest BCUT2D eigenvalue weighted by Gasteiger charge is -2.18. The van der Waals surface area contributed by atoms with Crippen molar-refractivity contribution in [2.75, 3.05) is 13.2 Å². The van der Waals surface area contributed by atoms with Gasteiger partial charge in [0.1, 0.15) is 12.2 Å². The van der Waals surface area contributed by atoms with Crippen molar-refractivity contribution in [2.45, 2.75) is 39.4 Å². The third kappa shape index (κ3) is 3.92. The Kier molecular flexibility index (Phi) is 4.72. The van der Waals surface area contributed by atoms with Gasteiger partial charge in [-0.05, 0) is 27.7 Å². The second kappa shape index (κ2) is 5.53. The molecule has 0 aromatic carbocycles. The Morgan fingerprint density at radius 2 is 2.06 bits per heavy atom. The predicted octanol–water partition coefficient (Wildman–Crippen LogP) is 2.44. The van der Waals surface area contributed by atoms with Crippen molar-refractivity contribution in [1.29, 1.82) is 0 Å². The first-order valence-corrected chi connectivity index (χ1v) is 7.09. The minimum absolute atomic E-state index is 0.0305. The normalized spacial score (nSPS) is 30.1. The molecule has 1 aliphatic heterocycles. The first kappa shape index (κ1) is 15.4. The van der Waals surface area contributed by atoms with Crippen LogP contribution in [0.4, 0.5) is 0 Å². The SMILES string of the molecule is C=C(C)C(=O)OCCOP1(=O)OC(C)C(C)(C)O1. The quantitative estimate of drug-likeness (QED) is 0.333. The van der Waals surface area contributed by atoms with E-state index in [1.165, 1.54) is 0 Å². The van der Waals surface area contributed by atoms with E-state index in [1.54, 1.807) is 27.7 Å². The third-order valence-electron chi connectivity index (χ3n) is 2.53. The third-order valence-corrected chi connectivity index (χ3v) is 4.30. The van der Waals surface area contributed by atoms with Crippen molar-refractivity contribution in [2.24, 2.45) is 0 Å². The second-order valence-electron chi connectivity index (χ2n) is 4.64. The summed E-state index contributed by atoms with van der Waals surface area (Å²) in [4.78, 5) is 11.1. The zero-order chi connectivity index (χ0) is 14.0. The topological polar surface area (TPSA) is 71.1 Å². The van der Waals surface area contributed by atoms with Crippen molar-refractivity contribution < 1.29 is 27.7 Å². The van der Waals surface area contributed by atoms with Crippen LogP contribution in [0.3, 0.4) is 0 Å². The molecule has 0 bridgehead atoms. The molecule has 7 heteroatoms. The number of carbonyl (C=O) groups is 1. The first-order chi connectivity index (χ1) is 8.16. The lowest BCUT2D eigenvalue weighted by Crippen LogP contribution is -2.29. The minimum Gasteiger partial charge on any atom is -0.460 e. The van der Waals surface area contributed by atoms with Gasteiger partial charge in [-0.1, -0.05) is 6.58 Å². The highest BCUT2D eigenvalue weighted by Gasteiger charge is 2.49. The Hall–Kier alpha value is -0.680. The largest absolute Gasteiger partial charge is 0.475 e. The molecule has 0 amide bonds. The summed E-state index contributed by atoms with van der Waals surface area (Å²) in [6, 6.07) is 0. The molecule has 1 heterocycles. The smallest absolute Gasteiger partial charge is 0.460 e. The van der Waals surface area contributed by atoms with Gasteiger partial charge in [-0.15, -0.1) is 0 Å². The maximum absolute atomic E-state index is 12.0. The highest BCUT2D eigenvalue weighted by molar-refractivity contribution is 7.48. The minimum atomic E-state index is -3.55. The number of ether oxygens (including phenoxy) is 1. The summed E-state index contributed by atoms with van der Waals surface area (Å²) in [5.41, 5.74) is -0.367. The Bertz CT molecular complexity index is 389. The van der Waals surface area contributed by atoms with E-state index in [1.807, 2.05) is 0 Å². The molecule has 1 fully saturated rings. The number of rotatable bonds is 5. The predicted molar refractivity (Wildman–Crippen MR) is 65.0 cm³/mol. The lowest BCUT2D eigenvalue weighted by atomic mass is 10.0. The molecule has 2 atom stereocenters. The van der Waals surface area contributed by atoms with E-state index in [-0.39, 0.29) is 19.3 Å². The van der Waals surface area contributed by atoms with Crippen LogP contribution in [0, 0.1) is 0 Å². The number of esters is 1. The van der Waals surface area contributed by atoms with Gasteiger partial charge in [0.25, 0.3) is 0 Å². The van der Waals surface area contributed by atoms with Gasteiger partial charge in [-0.2, -0.15) is 0 Å². The van der Waals surface area contributed by atoms with Crippen LogP contribution in [0.1, 0.15) is 27.7 Å².